The van der Waals surface area contributed by atoms with Crippen LogP contribution in [0.5, 0.6) is 5.75 Å². The van der Waals surface area contributed by atoms with E-state index in [2.05, 4.69) is 27.0 Å². The molecule has 0 saturated heterocycles. The van der Waals surface area contributed by atoms with Gasteiger partial charge in [-0.1, -0.05) is 18.2 Å². The molecule has 0 spiro atoms. The molecule has 0 aliphatic heterocycles. The Kier molecular flexibility index (Phi) is 3.70. The van der Waals surface area contributed by atoms with Gasteiger partial charge in [0, 0.05) is 7.05 Å². The van der Waals surface area contributed by atoms with E-state index in [0.717, 1.165) is 16.6 Å². The van der Waals surface area contributed by atoms with E-state index in [0.29, 0.717) is 15.9 Å². The highest BCUT2D eigenvalue weighted by atomic mass is 79.9. The monoisotopic (exact) mass is 353 g/mol. The zero-order valence-electron chi connectivity index (χ0n) is 11.8. The number of phenolic OH excluding ortho intramolecular Hbond substituents is 1. The third-order valence-corrected chi connectivity index (χ3v) is 4.07. The fourth-order valence-electron chi connectivity index (χ4n) is 2.31. The number of hydrogen-bond donors (Lipinski definition) is 1. The molecule has 108 valence electrons. The summed E-state index contributed by atoms with van der Waals surface area (Å²) < 4.78 is 2.49. The third kappa shape index (κ3) is 2.49. The van der Waals surface area contributed by atoms with E-state index in [9.17, 15) is 10.4 Å². The Balaban J connectivity index is 2.13. The SMILES string of the molecule is Cn1c(/C(C#N)=C\c2ccc(O)c(Br)c2)nc2ccccc21. The van der Waals surface area contributed by atoms with Gasteiger partial charge in [0.25, 0.3) is 0 Å². The van der Waals surface area contributed by atoms with Gasteiger partial charge in [-0.25, -0.2) is 4.98 Å². The summed E-state index contributed by atoms with van der Waals surface area (Å²) in [6.07, 6.45) is 1.76. The summed E-state index contributed by atoms with van der Waals surface area (Å²) >= 11 is 3.27. The van der Waals surface area contributed by atoms with Crippen LogP contribution in [-0.4, -0.2) is 14.7 Å². The molecule has 4 nitrogen and oxygen atoms in total. The number of benzene rings is 2. The second-order valence-electron chi connectivity index (χ2n) is 4.86. The van der Waals surface area contributed by atoms with Crippen molar-refractivity contribution in [3.63, 3.8) is 0 Å². The van der Waals surface area contributed by atoms with Gasteiger partial charge in [0.05, 0.1) is 21.1 Å². The van der Waals surface area contributed by atoms with Crippen LogP contribution in [0.2, 0.25) is 0 Å². The number of nitriles is 1. The number of aromatic nitrogens is 2. The molecule has 2 aromatic carbocycles. The highest BCUT2D eigenvalue weighted by Gasteiger charge is 2.12. The number of fused-ring (bicyclic) bond motifs is 1. The second-order valence-corrected chi connectivity index (χ2v) is 5.72. The Bertz CT molecular complexity index is 935. The number of phenols is 1. The Hall–Kier alpha value is -2.58. The third-order valence-electron chi connectivity index (χ3n) is 3.43. The fourth-order valence-corrected chi connectivity index (χ4v) is 2.71. The standard InChI is InChI=1S/C17H12BrN3O/c1-21-15-5-3-2-4-14(15)20-17(21)12(10-19)8-11-6-7-16(22)13(18)9-11/h2-9,22H,1H3/b12-8-. The lowest BCUT2D eigenvalue weighted by atomic mass is 10.1. The van der Waals surface area contributed by atoms with E-state index in [1.165, 1.54) is 0 Å². The van der Waals surface area contributed by atoms with E-state index >= 15 is 0 Å². The zero-order valence-corrected chi connectivity index (χ0v) is 13.4. The molecule has 1 heterocycles. The van der Waals surface area contributed by atoms with Crippen LogP contribution >= 0.6 is 15.9 Å². The van der Waals surface area contributed by atoms with Crippen molar-refractivity contribution >= 4 is 38.6 Å². The number of aryl methyl sites for hydroxylation is 1. The van der Waals surface area contributed by atoms with Gasteiger partial charge in [-0.2, -0.15) is 5.26 Å². The lowest BCUT2D eigenvalue weighted by Crippen LogP contribution is -1.96. The van der Waals surface area contributed by atoms with E-state index in [1.54, 1.807) is 24.3 Å². The fraction of sp³-hybridized carbons (Fsp3) is 0.0588. The maximum atomic E-state index is 9.54. The first-order chi connectivity index (χ1) is 10.6. The average molecular weight is 354 g/mol. The van der Waals surface area contributed by atoms with Crippen molar-refractivity contribution in [3.8, 4) is 11.8 Å². The minimum Gasteiger partial charge on any atom is -0.507 e. The van der Waals surface area contributed by atoms with E-state index in [4.69, 9.17) is 0 Å². The number of nitrogens with zero attached hydrogens (tertiary/aromatic N) is 3. The van der Waals surface area contributed by atoms with Gasteiger partial charge in [-0.3, -0.25) is 0 Å². The minimum absolute atomic E-state index is 0.165. The predicted molar refractivity (Wildman–Crippen MR) is 90.0 cm³/mol. The zero-order chi connectivity index (χ0) is 15.7. The average Bonchev–Trinajstić information content (AvgIpc) is 2.86. The smallest absolute Gasteiger partial charge is 0.151 e. The molecule has 5 heteroatoms. The van der Waals surface area contributed by atoms with Gasteiger partial charge in [0.15, 0.2) is 5.82 Å². The van der Waals surface area contributed by atoms with Gasteiger partial charge < -0.3 is 9.67 Å². The number of imidazole rings is 1. The number of aromatic hydroxyl groups is 1. The van der Waals surface area contributed by atoms with Crippen LogP contribution in [0.4, 0.5) is 0 Å². The van der Waals surface area contributed by atoms with Crippen LogP contribution in [0.25, 0.3) is 22.7 Å². The molecular weight excluding hydrogens is 342 g/mol. The highest BCUT2D eigenvalue weighted by Crippen LogP contribution is 2.27. The first kappa shape index (κ1) is 14.4. The van der Waals surface area contributed by atoms with Crippen LogP contribution in [-0.2, 0) is 7.05 Å². The molecule has 3 rings (SSSR count). The number of hydrogen-bond acceptors (Lipinski definition) is 3. The second kappa shape index (κ2) is 5.66. The van der Waals surface area contributed by atoms with E-state index in [-0.39, 0.29) is 5.75 Å². The Labute approximate surface area is 136 Å². The molecule has 0 atom stereocenters. The molecule has 0 aliphatic carbocycles. The Morgan fingerprint density at radius 2 is 2.09 bits per heavy atom. The number of para-hydroxylation sites is 2. The molecule has 1 aromatic heterocycles. The minimum atomic E-state index is 0.165. The molecule has 1 N–H and O–H groups in total. The topological polar surface area (TPSA) is 61.8 Å². The first-order valence-corrected chi connectivity index (χ1v) is 7.41. The summed E-state index contributed by atoms with van der Waals surface area (Å²) in [5.74, 6) is 0.784. The molecule has 0 aliphatic rings. The van der Waals surface area contributed by atoms with Crippen LogP contribution < -0.4 is 0 Å². The lowest BCUT2D eigenvalue weighted by Gasteiger charge is -2.02. The van der Waals surface area contributed by atoms with Crippen LogP contribution in [0.15, 0.2) is 46.9 Å². The summed E-state index contributed by atoms with van der Waals surface area (Å²) in [4.78, 5) is 4.53. The van der Waals surface area contributed by atoms with Crippen molar-refractivity contribution in [2.45, 2.75) is 0 Å². The summed E-state index contributed by atoms with van der Waals surface area (Å²) in [7, 11) is 1.89. The van der Waals surface area contributed by atoms with Crippen molar-refractivity contribution in [2.75, 3.05) is 0 Å². The Morgan fingerprint density at radius 1 is 1.32 bits per heavy atom. The van der Waals surface area contributed by atoms with Crippen LogP contribution in [0.1, 0.15) is 11.4 Å². The molecule has 3 aromatic rings. The molecule has 0 bridgehead atoms. The molecule has 22 heavy (non-hydrogen) atoms. The summed E-state index contributed by atoms with van der Waals surface area (Å²) in [6, 6.07) is 15.1. The normalized spacial score (nSPS) is 11.6. The largest absolute Gasteiger partial charge is 0.507 e. The van der Waals surface area contributed by atoms with E-state index < -0.39 is 0 Å². The van der Waals surface area contributed by atoms with Gasteiger partial charge >= 0.3 is 0 Å². The van der Waals surface area contributed by atoms with Crippen molar-refractivity contribution in [3.05, 3.63) is 58.3 Å². The molecule has 0 amide bonds. The first-order valence-electron chi connectivity index (χ1n) is 6.62. The Morgan fingerprint density at radius 3 is 2.77 bits per heavy atom. The number of rotatable bonds is 2. The van der Waals surface area contributed by atoms with Crippen LogP contribution in [0, 0.1) is 11.3 Å². The molecular formula is C17H12BrN3O. The molecule has 0 unspecified atom stereocenters. The lowest BCUT2D eigenvalue weighted by molar-refractivity contribution is 0.472. The maximum Gasteiger partial charge on any atom is 0.151 e. The molecule has 0 fully saturated rings. The summed E-state index contributed by atoms with van der Waals surface area (Å²) in [5.41, 5.74) is 3.11. The molecule has 0 saturated carbocycles. The van der Waals surface area contributed by atoms with Gasteiger partial charge in [0.2, 0.25) is 0 Å². The van der Waals surface area contributed by atoms with Crippen molar-refractivity contribution in [1.29, 1.82) is 5.26 Å². The highest BCUT2D eigenvalue weighted by molar-refractivity contribution is 9.10. The van der Waals surface area contributed by atoms with Gasteiger partial charge in [-0.05, 0) is 51.8 Å². The van der Waals surface area contributed by atoms with Gasteiger partial charge in [0.1, 0.15) is 11.8 Å². The van der Waals surface area contributed by atoms with Crippen molar-refractivity contribution < 1.29 is 5.11 Å². The summed E-state index contributed by atoms with van der Waals surface area (Å²) in [6.45, 7) is 0. The van der Waals surface area contributed by atoms with Crippen molar-refractivity contribution in [2.24, 2.45) is 7.05 Å². The van der Waals surface area contributed by atoms with Crippen molar-refractivity contribution in [1.82, 2.24) is 9.55 Å². The quantitative estimate of drug-likeness (QED) is 0.705. The predicted octanol–water partition coefficient (Wildman–Crippen LogP) is 4.11. The summed E-state index contributed by atoms with van der Waals surface area (Å²) in [5, 5.41) is 19.0. The van der Waals surface area contributed by atoms with E-state index in [1.807, 2.05) is 35.9 Å². The van der Waals surface area contributed by atoms with Crippen LogP contribution in [0.3, 0.4) is 0 Å². The van der Waals surface area contributed by atoms with Gasteiger partial charge in [-0.15, -0.1) is 0 Å². The number of allylic oxidation sites excluding steroid dienone is 1. The molecule has 0 radical (unpaired) electrons. The maximum absolute atomic E-state index is 9.54. The number of halogens is 1.